The first kappa shape index (κ1) is 33.1. The van der Waals surface area contributed by atoms with Gasteiger partial charge in [-0.1, -0.05) is 53.9 Å². The summed E-state index contributed by atoms with van der Waals surface area (Å²) in [6.07, 6.45) is -10.6. The normalized spacial score (nSPS) is 15.0. The van der Waals surface area contributed by atoms with E-state index >= 15 is 0 Å². The van der Waals surface area contributed by atoms with Crippen LogP contribution in [0.1, 0.15) is 52.7 Å². The molecule has 39 heavy (non-hydrogen) atoms. The second-order valence-corrected chi connectivity index (χ2v) is 11.4. The van der Waals surface area contributed by atoms with Crippen molar-refractivity contribution in [2.45, 2.75) is 38.0 Å². The minimum Gasteiger partial charge on any atom is -0.294 e. The summed E-state index contributed by atoms with van der Waals surface area (Å²) in [4.78, 5) is 12.6. The van der Waals surface area contributed by atoms with Crippen LogP contribution < -0.4 is 0 Å². The molecule has 0 radical (unpaired) electrons. The summed E-state index contributed by atoms with van der Waals surface area (Å²) >= 11 is 17.3. The number of carbonyl (C=O) groups excluding carboxylic acids is 1. The van der Waals surface area contributed by atoms with E-state index in [1.807, 2.05) is 6.07 Å². The molecule has 2 aromatic carbocycles. The average molecular weight is 637 g/mol. The van der Waals surface area contributed by atoms with Gasteiger partial charge in [0.15, 0.2) is 5.78 Å². The predicted molar refractivity (Wildman–Crippen MR) is 137 cm³/mol. The number of rotatable bonds is 10. The van der Waals surface area contributed by atoms with Gasteiger partial charge in [-0.2, -0.15) is 31.6 Å². The quantitative estimate of drug-likeness (QED) is 0.148. The molecule has 0 saturated heterocycles. The van der Waals surface area contributed by atoms with Gasteiger partial charge in [0.25, 0.3) is 0 Å². The summed E-state index contributed by atoms with van der Waals surface area (Å²) < 4.78 is 110. The van der Waals surface area contributed by atoms with Crippen molar-refractivity contribution in [3.8, 4) is 6.07 Å². The summed E-state index contributed by atoms with van der Waals surface area (Å²) in [6.45, 7) is 1.50. The molecule has 0 aliphatic rings. The van der Waals surface area contributed by atoms with Gasteiger partial charge in [-0.15, -0.1) is 0 Å². The minimum atomic E-state index is -5.14. The van der Waals surface area contributed by atoms with Gasteiger partial charge in [-0.3, -0.25) is 9.00 Å². The largest absolute Gasteiger partial charge is 0.417 e. The van der Waals surface area contributed by atoms with Crippen molar-refractivity contribution >= 4 is 57.2 Å². The average Bonchev–Trinajstić information content (AvgIpc) is 2.82. The van der Waals surface area contributed by atoms with Crippen molar-refractivity contribution < 1.29 is 39.7 Å². The van der Waals surface area contributed by atoms with E-state index in [2.05, 4.69) is 0 Å². The number of Topliss-reactive ketones (excluding diaryl/α,β-unsaturated/α-hetero) is 1. The van der Waals surface area contributed by atoms with Gasteiger partial charge in [-0.05, 0) is 35.8 Å². The highest BCUT2D eigenvalue weighted by Gasteiger charge is 2.41. The predicted octanol–water partition coefficient (Wildman–Crippen LogP) is 9.19. The topological polar surface area (TPSA) is 57.9 Å². The Kier molecular flexibility index (Phi) is 11.4. The van der Waals surface area contributed by atoms with Gasteiger partial charge in [0.2, 0.25) is 0 Å². The molecule has 3 nitrogen and oxygen atoms in total. The SMILES string of the molecule is C[C@@H](CC(=O)c1ccc(/C(F)=C/C(c2cc(Cl)c(Cl)c(Cl)c2)C(F)(F)F)cc1C(F)(F)F)CS(=O)CCC#N. The molecule has 2 aromatic rings. The van der Waals surface area contributed by atoms with Crippen LogP contribution in [-0.4, -0.2) is 27.7 Å². The molecule has 0 N–H and O–H groups in total. The molecule has 0 bridgehead atoms. The van der Waals surface area contributed by atoms with Crippen LogP contribution in [0.25, 0.3) is 5.83 Å². The van der Waals surface area contributed by atoms with E-state index < -0.39 is 75.3 Å². The molecular formula is C25H19Cl3F7NO2S. The van der Waals surface area contributed by atoms with Gasteiger partial charge in [0.1, 0.15) is 11.7 Å². The van der Waals surface area contributed by atoms with E-state index in [0.717, 1.165) is 18.2 Å². The Morgan fingerprint density at radius 1 is 1.08 bits per heavy atom. The molecule has 0 heterocycles. The summed E-state index contributed by atoms with van der Waals surface area (Å²) in [5.41, 5.74) is -3.78. The maximum atomic E-state index is 15.0. The molecule has 2 unspecified atom stereocenters. The Labute approximate surface area is 237 Å². The Hall–Kier alpha value is -2.13. The van der Waals surface area contributed by atoms with E-state index in [-0.39, 0.29) is 45.1 Å². The molecular weight excluding hydrogens is 618 g/mol. The highest BCUT2D eigenvalue weighted by Crippen LogP contribution is 2.43. The molecule has 3 atom stereocenters. The summed E-state index contributed by atoms with van der Waals surface area (Å²) in [6, 6.07) is 5.15. The van der Waals surface area contributed by atoms with Crippen LogP contribution in [0.5, 0.6) is 0 Å². The van der Waals surface area contributed by atoms with E-state index in [9.17, 15) is 39.7 Å². The third-order valence-electron chi connectivity index (χ3n) is 5.38. The summed E-state index contributed by atoms with van der Waals surface area (Å²) in [7, 11) is -1.46. The van der Waals surface area contributed by atoms with Crippen molar-refractivity contribution in [1.82, 2.24) is 0 Å². The third-order valence-corrected chi connectivity index (χ3v) is 8.17. The van der Waals surface area contributed by atoms with Crippen LogP contribution in [-0.2, 0) is 17.0 Å². The highest BCUT2D eigenvalue weighted by atomic mass is 35.5. The Morgan fingerprint density at radius 3 is 2.18 bits per heavy atom. The molecule has 0 aromatic heterocycles. The zero-order valence-corrected chi connectivity index (χ0v) is 23.0. The maximum absolute atomic E-state index is 15.0. The molecule has 0 saturated carbocycles. The van der Waals surface area contributed by atoms with E-state index in [0.29, 0.717) is 6.07 Å². The summed E-state index contributed by atoms with van der Waals surface area (Å²) in [5.74, 6) is -5.81. The second kappa shape index (κ2) is 13.5. The number of benzene rings is 2. The van der Waals surface area contributed by atoms with Crippen LogP contribution in [0.2, 0.25) is 15.1 Å². The number of halogens is 10. The molecule has 0 spiro atoms. The van der Waals surface area contributed by atoms with Crippen molar-refractivity contribution in [1.29, 1.82) is 5.26 Å². The van der Waals surface area contributed by atoms with E-state index in [4.69, 9.17) is 40.1 Å². The number of alkyl halides is 6. The number of hydrogen-bond donors (Lipinski definition) is 0. The number of carbonyl (C=O) groups is 1. The van der Waals surface area contributed by atoms with Gasteiger partial charge < -0.3 is 0 Å². The Morgan fingerprint density at radius 2 is 1.67 bits per heavy atom. The maximum Gasteiger partial charge on any atom is 0.417 e. The van der Waals surface area contributed by atoms with Crippen molar-refractivity contribution in [2.75, 3.05) is 11.5 Å². The minimum absolute atomic E-state index is 0.0132. The zero-order valence-electron chi connectivity index (χ0n) is 19.9. The van der Waals surface area contributed by atoms with Crippen LogP contribution in [0.15, 0.2) is 36.4 Å². The lowest BCUT2D eigenvalue weighted by molar-refractivity contribution is -0.140. The number of hydrogen-bond acceptors (Lipinski definition) is 3. The molecule has 0 fully saturated rings. The first-order valence-corrected chi connectivity index (χ1v) is 13.6. The lowest BCUT2D eigenvalue weighted by Crippen LogP contribution is -2.19. The fourth-order valence-electron chi connectivity index (χ4n) is 3.59. The van der Waals surface area contributed by atoms with Crippen molar-refractivity contribution in [2.24, 2.45) is 5.92 Å². The lowest BCUT2D eigenvalue weighted by atomic mass is 9.93. The standard InChI is InChI=1S/C25H19Cl3F7NO2S/c1-13(12-39(38)6-2-5-36)7-22(37)16-4-3-14(8-18(16)25(33,34)35)21(29)11-17(24(30,31)32)15-9-19(26)23(28)20(27)10-15/h3-4,8-11,13,17H,2,6-7,12H2,1H3/b21-11-/t13-,17?,39?/m0/s1. The highest BCUT2D eigenvalue weighted by molar-refractivity contribution is 7.84. The monoisotopic (exact) mass is 635 g/mol. The van der Waals surface area contributed by atoms with Crippen LogP contribution in [0.4, 0.5) is 30.7 Å². The summed E-state index contributed by atoms with van der Waals surface area (Å²) in [5, 5.41) is 7.63. The first-order chi connectivity index (χ1) is 17.9. The lowest BCUT2D eigenvalue weighted by Gasteiger charge is -2.19. The van der Waals surface area contributed by atoms with Crippen molar-refractivity contribution in [3.63, 3.8) is 0 Å². The fourth-order valence-corrected chi connectivity index (χ4v) is 5.44. The van der Waals surface area contributed by atoms with Gasteiger partial charge in [0, 0.05) is 46.3 Å². The van der Waals surface area contributed by atoms with Gasteiger partial charge in [0.05, 0.1) is 26.7 Å². The smallest absolute Gasteiger partial charge is 0.294 e. The second-order valence-electron chi connectivity index (χ2n) is 8.54. The number of allylic oxidation sites excluding steroid dienone is 1. The van der Waals surface area contributed by atoms with Gasteiger partial charge in [-0.25, -0.2) is 4.39 Å². The van der Waals surface area contributed by atoms with Crippen LogP contribution in [0.3, 0.4) is 0 Å². The fraction of sp³-hybridized carbons (Fsp3) is 0.360. The van der Waals surface area contributed by atoms with E-state index in [1.165, 1.54) is 6.92 Å². The third kappa shape index (κ3) is 9.20. The van der Waals surface area contributed by atoms with Crippen molar-refractivity contribution in [3.05, 3.63) is 73.7 Å². The van der Waals surface area contributed by atoms with Crippen LogP contribution >= 0.6 is 34.8 Å². The number of nitriles is 1. The number of ketones is 1. The van der Waals surface area contributed by atoms with Gasteiger partial charge >= 0.3 is 12.4 Å². The molecule has 0 amide bonds. The zero-order chi connectivity index (χ0) is 29.7. The van der Waals surface area contributed by atoms with Crippen LogP contribution in [0, 0.1) is 17.2 Å². The van der Waals surface area contributed by atoms with E-state index in [1.54, 1.807) is 0 Å². The number of nitrogens with zero attached hydrogens (tertiary/aromatic N) is 1. The Bertz CT molecular complexity index is 1300. The molecule has 14 heteroatoms. The molecule has 0 aliphatic heterocycles. The Balaban J connectivity index is 2.45. The molecule has 2 rings (SSSR count). The first-order valence-electron chi connectivity index (χ1n) is 11.0. The molecule has 0 aliphatic carbocycles. The molecule has 212 valence electrons.